The molecule has 1 atom stereocenters. The number of methoxy groups -OCH3 is 1. The molecule has 3 rings (SSSR count). The molecule has 0 bridgehead atoms. The van der Waals surface area contributed by atoms with Crippen LogP contribution in [-0.4, -0.2) is 34.2 Å². The van der Waals surface area contributed by atoms with Gasteiger partial charge in [0.2, 0.25) is 11.8 Å². The summed E-state index contributed by atoms with van der Waals surface area (Å²) in [7, 11) is 1.49. The molecule has 0 unspecified atom stereocenters. The normalized spacial score (nSPS) is 18.2. The Bertz CT molecular complexity index is 972. The van der Waals surface area contributed by atoms with Gasteiger partial charge in [-0.25, -0.2) is 4.39 Å². The van der Waals surface area contributed by atoms with Gasteiger partial charge in [-0.15, -0.1) is 0 Å². The van der Waals surface area contributed by atoms with Gasteiger partial charge in [-0.3, -0.25) is 14.3 Å². The molecule has 1 aromatic carbocycles. The molecular weight excluding hydrogens is 399 g/mol. The van der Waals surface area contributed by atoms with Gasteiger partial charge >= 0.3 is 0 Å². The van der Waals surface area contributed by atoms with Crippen LogP contribution in [0.5, 0.6) is 5.75 Å². The average Bonchev–Trinajstić information content (AvgIpc) is 3.25. The van der Waals surface area contributed by atoms with Crippen LogP contribution in [0.15, 0.2) is 18.2 Å². The molecule has 1 aliphatic heterocycles. The second kappa shape index (κ2) is 9.49. The van der Waals surface area contributed by atoms with E-state index in [0.717, 1.165) is 23.5 Å². The summed E-state index contributed by atoms with van der Waals surface area (Å²) in [5.74, 6) is -0.0864. The largest absolute Gasteiger partial charge is 0.497 e. The summed E-state index contributed by atoms with van der Waals surface area (Å²) in [5, 5.41) is 10.4. The highest BCUT2D eigenvalue weighted by Crippen LogP contribution is 2.31. The highest BCUT2D eigenvalue weighted by atomic mass is 19.1. The third-order valence-corrected chi connectivity index (χ3v) is 6.15. The number of halogens is 1. The van der Waals surface area contributed by atoms with Crippen molar-refractivity contribution < 1.29 is 18.7 Å². The average molecular weight is 431 g/mol. The molecule has 0 saturated carbocycles. The fourth-order valence-corrected chi connectivity index (χ4v) is 4.27. The highest BCUT2D eigenvalue weighted by Gasteiger charge is 2.38. The third-order valence-electron chi connectivity index (χ3n) is 6.15. The van der Waals surface area contributed by atoms with Crippen molar-refractivity contribution >= 4 is 11.8 Å². The molecule has 1 fully saturated rings. The highest BCUT2D eigenvalue weighted by molar-refractivity contribution is 5.80. The minimum atomic E-state index is -0.622. The standard InChI is InChI=1S/C23H31FN4O3/c1-5-28-16(3)19(15(2)27-28)14-25-21(29)8-10-23(11-9-22(30)26-23)13-17-6-7-18(31-4)12-20(17)24/h6-7,12H,5,8-11,13-14H2,1-4H3,(H,25,29)(H,26,30)/t23-/m1/s1. The molecule has 0 radical (unpaired) electrons. The maximum absolute atomic E-state index is 14.5. The van der Waals surface area contributed by atoms with Crippen molar-refractivity contribution in [3.8, 4) is 5.75 Å². The SMILES string of the molecule is CCn1nc(C)c(CNC(=O)CC[C@]2(Cc3ccc(OC)cc3F)CCC(=O)N2)c1C. The van der Waals surface area contributed by atoms with E-state index in [4.69, 9.17) is 4.74 Å². The fraction of sp³-hybridized carbons (Fsp3) is 0.522. The van der Waals surface area contributed by atoms with Crippen molar-refractivity contribution in [2.24, 2.45) is 0 Å². The van der Waals surface area contributed by atoms with Crippen LogP contribution in [-0.2, 0) is 29.1 Å². The van der Waals surface area contributed by atoms with Crippen molar-refractivity contribution in [2.45, 2.75) is 71.5 Å². The molecule has 2 aromatic rings. The molecular formula is C23H31FN4O3. The van der Waals surface area contributed by atoms with Crippen LogP contribution >= 0.6 is 0 Å². The number of rotatable bonds is 9. The molecule has 7 nitrogen and oxygen atoms in total. The number of ether oxygens (including phenoxy) is 1. The minimum absolute atomic E-state index is 0.0624. The first-order valence-electron chi connectivity index (χ1n) is 10.7. The van der Waals surface area contributed by atoms with E-state index in [0.29, 0.717) is 43.5 Å². The molecule has 2 heterocycles. The van der Waals surface area contributed by atoms with E-state index in [1.165, 1.54) is 13.2 Å². The van der Waals surface area contributed by atoms with Gasteiger partial charge < -0.3 is 15.4 Å². The minimum Gasteiger partial charge on any atom is -0.497 e. The molecule has 2 amide bonds. The van der Waals surface area contributed by atoms with Gasteiger partial charge in [0.1, 0.15) is 11.6 Å². The summed E-state index contributed by atoms with van der Waals surface area (Å²) >= 11 is 0. The lowest BCUT2D eigenvalue weighted by Crippen LogP contribution is -2.44. The van der Waals surface area contributed by atoms with Crippen molar-refractivity contribution in [3.05, 3.63) is 46.5 Å². The smallest absolute Gasteiger partial charge is 0.220 e. The monoisotopic (exact) mass is 430 g/mol. The van der Waals surface area contributed by atoms with Crippen molar-refractivity contribution in [1.82, 2.24) is 20.4 Å². The summed E-state index contributed by atoms with van der Waals surface area (Å²) < 4.78 is 21.5. The number of aryl methyl sites for hydroxylation is 2. The Labute approximate surface area is 182 Å². The summed E-state index contributed by atoms with van der Waals surface area (Å²) in [6.45, 7) is 7.17. The topological polar surface area (TPSA) is 85.2 Å². The van der Waals surface area contributed by atoms with E-state index in [1.54, 1.807) is 12.1 Å². The Morgan fingerprint density at radius 3 is 2.74 bits per heavy atom. The first-order chi connectivity index (χ1) is 14.8. The first kappa shape index (κ1) is 22.8. The van der Waals surface area contributed by atoms with Gasteiger partial charge in [-0.05, 0) is 51.7 Å². The molecule has 1 aliphatic rings. The van der Waals surface area contributed by atoms with Crippen LogP contribution in [0.4, 0.5) is 4.39 Å². The first-order valence-corrected chi connectivity index (χ1v) is 10.7. The summed E-state index contributed by atoms with van der Waals surface area (Å²) in [4.78, 5) is 24.5. The molecule has 0 spiro atoms. The maximum Gasteiger partial charge on any atom is 0.220 e. The maximum atomic E-state index is 14.5. The number of hydrogen-bond acceptors (Lipinski definition) is 4. The zero-order valence-corrected chi connectivity index (χ0v) is 18.7. The van der Waals surface area contributed by atoms with Gasteiger partial charge in [0.15, 0.2) is 0 Å². The van der Waals surface area contributed by atoms with Crippen LogP contribution in [0, 0.1) is 19.7 Å². The predicted molar refractivity (Wildman–Crippen MR) is 115 cm³/mol. The van der Waals surface area contributed by atoms with Crippen LogP contribution < -0.4 is 15.4 Å². The van der Waals surface area contributed by atoms with Crippen LogP contribution in [0.3, 0.4) is 0 Å². The molecule has 31 heavy (non-hydrogen) atoms. The van der Waals surface area contributed by atoms with E-state index in [1.807, 2.05) is 25.5 Å². The number of hydrogen-bond donors (Lipinski definition) is 2. The van der Waals surface area contributed by atoms with Gasteiger partial charge in [0, 0.05) is 48.8 Å². The number of carbonyl (C=O) groups excluding carboxylic acids is 2. The molecule has 168 valence electrons. The van der Waals surface area contributed by atoms with Crippen LogP contribution in [0.25, 0.3) is 0 Å². The molecule has 1 saturated heterocycles. The lowest BCUT2D eigenvalue weighted by atomic mass is 9.84. The number of nitrogens with one attached hydrogen (secondary N) is 2. The van der Waals surface area contributed by atoms with Crippen LogP contribution in [0.1, 0.15) is 55.1 Å². The number of nitrogens with zero attached hydrogens (tertiary/aromatic N) is 2. The predicted octanol–water partition coefficient (Wildman–Crippen LogP) is 2.96. The second-order valence-corrected chi connectivity index (χ2v) is 8.20. The van der Waals surface area contributed by atoms with E-state index >= 15 is 0 Å². The summed E-state index contributed by atoms with van der Waals surface area (Å²) in [6, 6.07) is 4.72. The van der Waals surface area contributed by atoms with E-state index in [-0.39, 0.29) is 24.1 Å². The Hall–Kier alpha value is -2.90. The second-order valence-electron chi connectivity index (χ2n) is 8.20. The lowest BCUT2D eigenvalue weighted by molar-refractivity contribution is -0.122. The molecule has 1 aromatic heterocycles. The zero-order valence-electron chi connectivity index (χ0n) is 18.7. The Kier molecular flexibility index (Phi) is 6.97. The fourth-order valence-electron chi connectivity index (χ4n) is 4.27. The van der Waals surface area contributed by atoms with Crippen molar-refractivity contribution in [2.75, 3.05) is 7.11 Å². The number of aromatic nitrogens is 2. The molecule has 8 heteroatoms. The van der Waals surface area contributed by atoms with Crippen molar-refractivity contribution in [1.29, 1.82) is 0 Å². The summed E-state index contributed by atoms with van der Waals surface area (Å²) in [5.41, 5.74) is 2.87. The van der Waals surface area contributed by atoms with Crippen molar-refractivity contribution in [3.63, 3.8) is 0 Å². The van der Waals surface area contributed by atoms with Gasteiger partial charge in [0.05, 0.1) is 12.8 Å². The van der Waals surface area contributed by atoms with E-state index in [2.05, 4.69) is 15.7 Å². The van der Waals surface area contributed by atoms with Gasteiger partial charge in [0.25, 0.3) is 0 Å². The van der Waals surface area contributed by atoms with E-state index < -0.39 is 5.54 Å². The van der Waals surface area contributed by atoms with Gasteiger partial charge in [-0.1, -0.05) is 6.07 Å². The third kappa shape index (κ3) is 5.24. The number of amides is 2. The van der Waals surface area contributed by atoms with Gasteiger partial charge in [-0.2, -0.15) is 5.10 Å². The quantitative estimate of drug-likeness (QED) is 0.641. The Morgan fingerprint density at radius 2 is 2.16 bits per heavy atom. The Morgan fingerprint density at radius 1 is 1.39 bits per heavy atom. The number of benzene rings is 1. The molecule has 0 aliphatic carbocycles. The summed E-state index contributed by atoms with van der Waals surface area (Å²) in [6.07, 6.45) is 1.99. The lowest BCUT2D eigenvalue weighted by Gasteiger charge is -2.29. The van der Waals surface area contributed by atoms with Crippen LogP contribution in [0.2, 0.25) is 0 Å². The Balaban J connectivity index is 1.63. The molecule has 2 N–H and O–H groups in total. The van der Waals surface area contributed by atoms with E-state index in [9.17, 15) is 14.0 Å². The number of carbonyl (C=O) groups is 2. The zero-order chi connectivity index (χ0) is 22.6.